The van der Waals surface area contributed by atoms with Crippen LogP contribution in [0.3, 0.4) is 0 Å². The molecule has 8 rings (SSSR count). The van der Waals surface area contributed by atoms with Gasteiger partial charge in [0.25, 0.3) is 0 Å². The lowest BCUT2D eigenvalue weighted by atomic mass is 9.86. The van der Waals surface area contributed by atoms with E-state index in [4.69, 9.17) is 9.17 Å². The molecule has 0 spiro atoms. The summed E-state index contributed by atoms with van der Waals surface area (Å²) in [7, 11) is -4.02. The van der Waals surface area contributed by atoms with E-state index in [1.807, 2.05) is 18.2 Å². The fourth-order valence-electron chi connectivity index (χ4n) is 6.02. The molecule has 0 unspecified atom stereocenters. The van der Waals surface area contributed by atoms with Crippen LogP contribution in [-0.4, -0.2) is 13.4 Å². The first-order chi connectivity index (χ1) is 22.0. The van der Waals surface area contributed by atoms with E-state index < -0.39 is 10.1 Å². The summed E-state index contributed by atoms with van der Waals surface area (Å²) in [5.74, 6) is 0.784. The molecular weight excluding hydrogens is 577 g/mol. The molecule has 1 aromatic heterocycles. The molecule has 1 heterocycles. The van der Waals surface area contributed by atoms with Crippen LogP contribution >= 0.6 is 0 Å². The second-order valence-corrected chi connectivity index (χ2v) is 12.4. The Bertz CT molecular complexity index is 2400. The standard InChI is InChI=1S/C39H25N2O3S/c42-45(43,44-29-13-5-2-6-14-29)30-23-24-35-36(25-30)41-39(40-35)28-21-19-27(20-22-28)38-33-17-9-7-15-31(33)37(26-11-3-1-4-12-26)32-16-8-10-18-34(32)38/h1-25H/q-1. The molecule has 0 N–H and O–H groups in total. The molecule has 216 valence electrons. The van der Waals surface area contributed by atoms with Crippen LogP contribution < -0.4 is 9.17 Å². The van der Waals surface area contributed by atoms with Gasteiger partial charge in [-0.2, -0.15) is 8.42 Å². The fourth-order valence-corrected chi connectivity index (χ4v) is 6.97. The lowest BCUT2D eigenvalue weighted by molar-refractivity contribution is 0.486. The topological polar surface area (TPSA) is 70.4 Å². The Balaban J connectivity index is 1.19. The van der Waals surface area contributed by atoms with Crippen molar-refractivity contribution >= 4 is 42.7 Å². The van der Waals surface area contributed by atoms with Gasteiger partial charge in [-0.15, -0.1) is 0 Å². The number of hydrogen-bond donors (Lipinski definition) is 0. The molecule has 8 aromatic rings. The predicted octanol–water partition coefficient (Wildman–Crippen LogP) is 9.27. The van der Waals surface area contributed by atoms with Gasteiger partial charge in [0, 0.05) is 0 Å². The lowest BCUT2D eigenvalue weighted by Gasteiger charge is -2.18. The van der Waals surface area contributed by atoms with E-state index in [1.54, 1.807) is 36.4 Å². The van der Waals surface area contributed by atoms with E-state index in [0.717, 1.165) is 11.1 Å². The average molecular weight is 602 g/mol. The van der Waals surface area contributed by atoms with Gasteiger partial charge in [0.15, 0.2) is 0 Å². The first-order valence-corrected chi connectivity index (χ1v) is 16.0. The van der Waals surface area contributed by atoms with Crippen LogP contribution in [0, 0.1) is 0 Å². The Hall–Kier alpha value is -5.72. The molecule has 0 fully saturated rings. The van der Waals surface area contributed by atoms with E-state index in [1.165, 1.54) is 50.4 Å². The molecule has 0 amide bonds. The number of rotatable bonds is 6. The number of hydrogen-bond acceptors (Lipinski definition) is 4. The molecule has 0 atom stereocenters. The van der Waals surface area contributed by atoms with Gasteiger partial charge >= 0.3 is 10.1 Å². The molecule has 5 nitrogen and oxygen atoms in total. The minimum absolute atomic E-state index is 0.0263. The van der Waals surface area contributed by atoms with Gasteiger partial charge < -0.3 is 14.2 Å². The Kier molecular flexibility index (Phi) is 6.43. The molecule has 6 heteroatoms. The van der Waals surface area contributed by atoms with E-state index in [2.05, 4.69) is 89.9 Å². The summed E-state index contributed by atoms with van der Waals surface area (Å²) >= 11 is 0. The number of para-hydroxylation sites is 1. The van der Waals surface area contributed by atoms with Crippen molar-refractivity contribution in [2.75, 3.05) is 0 Å². The summed E-state index contributed by atoms with van der Waals surface area (Å²) in [4.78, 5) is 9.40. The highest BCUT2D eigenvalue weighted by Crippen LogP contribution is 2.43. The van der Waals surface area contributed by atoms with Crippen LogP contribution in [-0.2, 0) is 10.1 Å². The highest BCUT2D eigenvalue weighted by Gasteiger charge is 2.18. The zero-order valence-corrected chi connectivity index (χ0v) is 24.8. The van der Waals surface area contributed by atoms with Crippen molar-refractivity contribution in [3.63, 3.8) is 0 Å². The van der Waals surface area contributed by atoms with Crippen LogP contribution in [0.4, 0.5) is 0 Å². The van der Waals surface area contributed by atoms with Gasteiger partial charge in [-0.25, -0.2) is 0 Å². The minimum atomic E-state index is -4.02. The molecule has 0 saturated heterocycles. The minimum Gasteiger partial charge on any atom is -0.435 e. The highest BCUT2D eigenvalue weighted by atomic mass is 32.2. The Morgan fingerprint density at radius 1 is 0.511 bits per heavy atom. The van der Waals surface area contributed by atoms with Gasteiger partial charge in [0.2, 0.25) is 0 Å². The normalized spacial score (nSPS) is 11.7. The quantitative estimate of drug-likeness (QED) is 0.140. The summed E-state index contributed by atoms with van der Waals surface area (Å²) in [6.07, 6.45) is 0. The summed E-state index contributed by atoms with van der Waals surface area (Å²) < 4.78 is 31.1. The Morgan fingerprint density at radius 3 is 1.58 bits per heavy atom. The summed E-state index contributed by atoms with van der Waals surface area (Å²) in [6.45, 7) is 0. The second kappa shape index (κ2) is 10.8. The Labute approximate surface area is 260 Å². The Morgan fingerprint density at radius 2 is 1.00 bits per heavy atom. The fraction of sp³-hybridized carbons (Fsp3) is 0. The van der Waals surface area contributed by atoms with Gasteiger partial charge in [-0.3, -0.25) is 0 Å². The second-order valence-electron chi connectivity index (χ2n) is 10.8. The molecule has 0 radical (unpaired) electrons. The average Bonchev–Trinajstić information content (AvgIpc) is 3.52. The van der Waals surface area contributed by atoms with Gasteiger partial charge in [0.05, 0.1) is 0 Å². The zero-order chi connectivity index (χ0) is 30.4. The number of aromatic nitrogens is 2. The highest BCUT2D eigenvalue weighted by molar-refractivity contribution is 7.87. The van der Waals surface area contributed by atoms with E-state index in [9.17, 15) is 8.42 Å². The summed E-state index contributed by atoms with van der Waals surface area (Å²) in [5, 5.41) is 4.78. The van der Waals surface area contributed by atoms with E-state index in [0.29, 0.717) is 16.9 Å². The number of imidazole rings is 1. The third-order valence-corrected chi connectivity index (χ3v) is 9.31. The van der Waals surface area contributed by atoms with Crippen LogP contribution in [0.1, 0.15) is 0 Å². The maximum atomic E-state index is 12.9. The first kappa shape index (κ1) is 26.9. The maximum Gasteiger partial charge on any atom is 0.339 e. The lowest BCUT2D eigenvalue weighted by Crippen LogP contribution is -2.09. The first-order valence-electron chi connectivity index (χ1n) is 14.6. The van der Waals surface area contributed by atoms with Crippen LogP contribution in [0.15, 0.2) is 157 Å². The van der Waals surface area contributed by atoms with Gasteiger partial charge in [-0.1, -0.05) is 133 Å². The van der Waals surface area contributed by atoms with Crippen molar-refractivity contribution in [1.82, 2.24) is 9.97 Å². The molecule has 0 aliphatic rings. The monoisotopic (exact) mass is 601 g/mol. The summed E-state index contributed by atoms with van der Waals surface area (Å²) in [5.41, 5.74) is 6.63. The predicted molar refractivity (Wildman–Crippen MR) is 181 cm³/mol. The number of nitrogens with zero attached hydrogens (tertiary/aromatic N) is 2. The van der Waals surface area contributed by atoms with Crippen molar-refractivity contribution in [3.05, 3.63) is 152 Å². The van der Waals surface area contributed by atoms with Crippen molar-refractivity contribution in [3.8, 4) is 39.4 Å². The molecule has 0 aliphatic carbocycles. The molecular formula is C39H25N2O3S-. The smallest absolute Gasteiger partial charge is 0.339 e. The number of fused-ring (bicyclic) bond motifs is 3. The zero-order valence-electron chi connectivity index (χ0n) is 24.0. The van der Waals surface area contributed by atoms with Crippen molar-refractivity contribution < 1.29 is 12.6 Å². The molecule has 0 saturated carbocycles. The summed E-state index contributed by atoms with van der Waals surface area (Å²) in [6, 6.07) is 49.1. The molecule has 7 aromatic carbocycles. The third kappa shape index (κ3) is 4.82. The van der Waals surface area contributed by atoms with Crippen LogP contribution in [0.25, 0.3) is 66.2 Å². The van der Waals surface area contributed by atoms with Crippen molar-refractivity contribution in [2.24, 2.45) is 0 Å². The number of benzene rings is 7. The van der Waals surface area contributed by atoms with Crippen LogP contribution in [0.2, 0.25) is 0 Å². The largest absolute Gasteiger partial charge is 0.435 e. The van der Waals surface area contributed by atoms with Crippen molar-refractivity contribution in [1.29, 1.82) is 0 Å². The van der Waals surface area contributed by atoms with E-state index in [-0.39, 0.29) is 10.6 Å². The molecule has 0 aliphatic heterocycles. The maximum absolute atomic E-state index is 12.9. The van der Waals surface area contributed by atoms with Gasteiger partial charge in [-0.05, 0) is 84.7 Å². The van der Waals surface area contributed by atoms with Crippen molar-refractivity contribution in [2.45, 2.75) is 4.90 Å². The molecule has 45 heavy (non-hydrogen) atoms. The SMILES string of the molecule is O=S(=O)(Oc1ccccc1)c1ccc2[n-]c(-c3ccc(-c4c5ccccc5c(-c5ccccc5)c5ccccc45)cc3)nc2c1. The van der Waals surface area contributed by atoms with Crippen LogP contribution in [0.5, 0.6) is 5.75 Å². The van der Waals surface area contributed by atoms with Gasteiger partial charge in [0.1, 0.15) is 10.6 Å². The molecule has 0 bridgehead atoms. The third-order valence-electron chi connectivity index (χ3n) is 8.06. The van der Waals surface area contributed by atoms with E-state index >= 15 is 0 Å².